The number of oxazole rings is 1. The maximum Gasteiger partial charge on any atom is 0.256 e. The van der Waals surface area contributed by atoms with Crippen LogP contribution in [0.2, 0.25) is 0 Å². The van der Waals surface area contributed by atoms with E-state index in [9.17, 15) is 10.2 Å². The molecular formula is C20H14N2O3S. The van der Waals surface area contributed by atoms with Crippen molar-refractivity contribution < 1.29 is 14.6 Å². The third kappa shape index (κ3) is 2.31. The molecule has 0 saturated heterocycles. The van der Waals surface area contributed by atoms with Crippen LogP contribution >= 0.6 is 11.3 Å². The third-order valence-corrected chi connectivity index (χ3v) is 5.63. The zero-order valence-electron chi connectivity index (χ0n) is 13.5. The first-order valence-corrected chi connectivity index (χ1v) is 9.01. The van der Waals surface area contributed by atoms with Crippen molar-refractivity contribution in [3.63, 3.8) is 0 Å². The number of rotatable bonds is 2. The fourth-order valence-electron chi connectivity index (χ4n) is 3.23. The van der Waals surface area contributed by atoms with Gasteiger partial charge in [-0.05, 0) is 11.1 Å². The smallest absolute Gasteiger partial charge is 0.256 e. The molecule has 0 saturated carbocycles. The number of fused-ring (bicyclic) bond motifs is 2. The Morgan fingerprint density at radius 1 is 0.885 bits per heavy atom. The molecule has 5 nitrogen and oxygen atoms in total. The molecule has 26 heavy (non-hydrogen) atoms. The average Bonchev–Trinajstić information content (AvgIpc) is 3.34. The highest BCUT2D eigenvalue weighted by Crippen LogP contribution is 2.45. The van der Waals surface area contributed by atoms with Crippen LogP contribution in [0.5, 0.6) is 0 Å². The Labute approximate surface area is 153 Å². The molecule has 4 aromatic rings. The van der Waals surface area contributed by atoms with E-state index in [4.69, 9.17) is 4.42 Å². The lowest BCUT2D eigenvalue weighted by Crippen LogP contribution is -2.16. The van der Waals surface area contributed by atoms with Crippen molar-refractivity contribution in [1.82, 2.24) is 9.97 Å². The Morgan fingerprint density at radius 2 is 1.58 bits per heavy atom. The van der Waals surface area contributed by atoms with Gasteiger partial charge in [-0.15, -0.1) is 11.3 Å². The minimum atomic E-state index is -0.863. The van der Waals surface area contributed by atoms with Gasteiger partial charge in [0.1, 0.15) is 12.2 Å². The molecule has 0 spiro atoms. The molecular weight excluding hydrogens is 348 g/mol. The number of hydrogen-bond acceptors (Lipinski definition) is 6. The lowest BCUT2D eigenvalue weighted by molar-refractivity contribution is 0.173. The molecule has 6 heteroatoms. The molecule has 2 atom stereocenters. The van der Waals surface area contributed by atoms with Gasteiger partial charge in [0.25, 0.3) is 5.89 Å². The van der Waals surface area contributed by atoms with E-state index in [1.165, 1.54) is 11.3 Å². The van der Waals surface area contributed by atoms with E-state index in [-0.39, 0.29) is 0 Å². The van der Waals surface area contributed by atoms with Crippen molar-refractivity contribution in [2.45, 2.75) is 12.2 Å². The number of nitrogens with zero attached hydrogens (tertiary/aromatic N) is 2. The average molecular weight is 362 g/mol. The number of benzene rings is 2. The van der Waals surface area contributed by atoms with Crippen LogP contribution in [0, 0.1) is 0 Å². The molecule has 2 unspecified atom stereocenters. The SMILES string of the molecule is OC1c2ccccc2C(O)c2sc(-c3ncc(-c4ccccc4)o3)nc21. The molecule has 1 aliphatic carbocycles. The Balaban J connectivity index is 1.56. The molecule has 2 heterocycles. The highest BCUT2D eigenvalue weighted by atomic mass is 32.1. The number of aromatic nitrogens is 2. The second-order valence-electron chi connectivity index (χ2n) is 6.10. The zero-order valence-corrected chi connectivity index (χ0v) is 14.4. The Bertz CT molecular complexity index is 1040. The number of aliphatic hydroxyl groups excluding tert-OH is 2. The van der Waals surface area contributed by atoms with Gasteiger partial charge in [-0.2, -0.15) is 0 Å². The highest BCUT2D eigenvalue weighted by Gasteiger charge is 2.34. The lowest BCUT2D eigenvalue weighted by atomic mass is 9.89. The molecule has 0 fully saturated rings. The summed E-state index contributed by atoms with van der Waals surface area (Å²) in [5, 5.41) is 21.9. The van der Waals surface area contributed by atoms with E-state index in [1.807, 2.05) is 54.6 Å². The predicted octanol–water partition coefficient (Wildman–Crippen LogP) is 3.94. The Morgan fingerprint density at radius 3 is 2.35 bits per heavy atom. The zero-order chi connectivity index (χ0) is 17.7. The maximum absolute atomic E-state index is 10.7. The van der Waals surface area contributed by atoms with Gasteiger partial charge >= 0.3 is 0 Å². The van der Waals surface area contributed by atoms with Crippen LogP contribution in [0.15, 0.2) is 65.2 Å². The second-order valence-corrected chi connectivity index (χ2v) is 7.13. The van der Waals surface area contributed by atoms with Gasteiger partial charge in [0.05, 0.1) is 16.8 Å². The molecule has 0 aliphatic heterocycles. The molecule has 2 N–H and O–H groups in total. The molecule has 0 radical (unpaired) electrons. The summed E-state index contributed by atoms with van der Waals surface area (Å²) < 4.78 is 5.85. The van der Waals surface area contributed by atoms with Crippen LogP contribution in [-0.2, 0) is 0 Å². The third-order valence-electron chi connectivity index (χ3n) is 4.52. The van der Waals surface area contributed by atoms with E-state index in [0.717, 1.165) is 5.56 Å². The molecule has 2 aromatic heterocycles. The molecule has 128 valence electrons. The molecule has 0 bridgehead atoms. The van der Waals surface area contributed by atoms with Gasteiger partial charge in [-0.1, -0.05) is 54.6 Å². The first-order valence-electron chi connectivity index (χ1n) is 8.19. The first-order chi connectivity index (χ1) is 12.7. The van der Waals surface area contributed by atoms with Crippen LogP contribution in [0.4, 0.5) is 0 Å². The summed E-state index contributed by atoms with van der Waals surface area (Å²) in [6, 6.07) is 17.0. The van der Waals surface area contributed by atoms with Crippen molar-refractivity contribution in [2.24, 2.45) is 0 Å². The van der Waals surface area contributed by atoms with E-state index in [2.05, 4.69) is 9.97 Å². The first kappa shape index (κ1) is 15.5. The standard InChI is InChI=1S/C20H14N2O3S/c23-16-12-8-4-5-9-13(12)17(24)18-15(16)22-20(26-18)19-21-10-14(25-19)11-6-2-1-3-7-11/h1-10,16-17,23-24H. The van der Waals surface area contributed by atoms with Crippen molar-refractivity contribution in [1.29, 1.82) is 0 Å². The van der Waals surface area contributed by atoms with Crippen molar-refractivity contribution >= 4 is 11.3 Å². The number of hydrogen-bond donors (Lipinski definition) is 2. The fourth-order valence-corrected chi connectivity index (χ4v) is 4.27. The Hall–Kier alpha value is -2.80. The van der Waals surface area contributed by atoms with E-state index < -0.39 is 12.2 Å². The summed E-state index contributed by atoms with van der Waals surface area (Å²) in [5.74, 6) is 1.03. The lowest BCUT2D eigenvalue weighted by Gasteiger charge is -2.24. The maximum atomic E-state index is 10.7. The normalized spacial score (nSPS) is 18.4. The summed E-state index contributed by atoms with van der Waals surface area (Å²) in [7, 11) is 0. The van der Waals surface area contributed by atoms with Gasteiger partial charge in [0.2, 0.25) is 0 Å². The quantitative estimate of drug-likeness (QED) is 0.565. The van der Waals surface area contributed by atoms with Crippen LogP contribution in [-0.4, -0.2) is 20.2 Å². The monoisotopic (exact) mass is 362 g/mol. The van der Waals surface area contributed by atoms with Gasteiger partial charge < -0.3 is 14.6 Å². The van der Waals surface area contributed by atoms with E-state index >= 15 is 0 Å². The molecule has 5 rings (SSSR count). The van der Waals surface area contributed by atoms with Crippen LogP contribution in [0.25, 0.3) is 22.2 Å². The number of aliphatic hydroxyl groups is 2. The van der Waals surface area contributed by atoms with Crippen LogP contribution in [0.3, 0.4) is 0 Å². The topological polar surface area (TPSA) is 79.4 Å². The molecule has 1 aliphatic rings. The minimum absolute atomic E-state index is 0.381. The summed E-state index contributed by atoms with van der Waals surface area (Å²) in [5.41, 5.74) is 2.79. The van der Waals surface area contributed by atoms with E-state index in [0.29, 0.717) is 38.4 Å². The minimum Gasteiger partial charge on any atom is -0.434 e. The summed E-state index contributed by atoms with van der Waals surface area (Å²) in [6.07, 6.45) is -0.00954. The highest BCUT2D eigenvalue weighted by molar-refractivity contribution is 7.15. The second kappa shape index (κ2) is 5.88. The van der Waals surface area contributed by atoms with Crippen molar-refractivity contribution in [2.75, 3.05) is 0 Å². The Kier molecular flexibility index (Phi) is 3.49. The summed E-state index contributed by atoms with van der Waals surface area (Å²) in [6.45, 7) is 0. The number of thiazole rings is 1. The van der Waals surface area contributed by atoms with E-state index in [1.54, 1.807) is 6.20 Å². The summed E-state index contributed by atoms with van der Waals surface area (Å²) >= 11 is 1.30. The van der Waals surface area contributed by atoms with Gasteiger partial charge in [-0.3, -0.25) is 0 Å². The van der Waals surface area contributed by atoms with Gasteiger partial charge in [-0.25, -0.2) is 9.97 Å². The largest absolute Gasteiger partial charge is 0.434 e. The van der Waals surface area contributed by atoms with Crippen LogP contribution in [0.1, 0.15) is 33.9 Å². The summed E-state index contributed by atoms with van der Waals surface area (Å²) in [4.78, 5) is 9.46. The molecule has 2 aromatic carbocycles. The van der Waals surface area contributed by atoms with Crippen LogP contribution < -0.4 is 0 Å². The fraction of sp³-hybridized carbons (Fsp3) is 0.100. The van der Waals surface area contributed by atoms with Crippen molar-refractivity contribution in [3.8, 4) is 22.2 Å². The molecule has 0 amide bonds. The predicted molar refractivity (Wildman–Crippen MR) is 97.6 cm³/mol. The van der Waals surface area contributed by atoms with Gasteiger partial charge in [0.15, 0.2) is 10.8 Å². The van der Waals surface area contributed by atoms with Gasteiger partial charge in [0, 0.05) is 5.56 Å². The van der Waals surface area contributed by atoms with Crippen molar-refractivity contribution in [3.05, 3.63) is 82.5 Å².